The first-order chi connectivity index (χ1) is 15.8. The van der Waals surface area contributed by atoms with Crippen LogP contribution in [0.1, 0.15) is 35.7 Å². The van der Waals surface area contributed by atoms with E-state index in [-0.39, 0.29) is 35.9 Å². The summed E-state index contributed by atoms with van der Waals surface area (Å²) in [7, 11) is 0. The molecule has 0 saturated carbocycles. The van der Waals surface area contributed by atoms with Crippen LogP contribution in [0.3, 0.4) is 0 Å². The molecule has 2 aromatic carbocycles. The number of nitrogens with two attached hydrogens (primary N) is 1. The Morgan fingerprint density at radius 1 is 1.15 bits per heavy atom. The molecule has 10 heteroatoms. The lowest BCUT2D eigenvalue weighted by Gasteiger charge is -2.25. The number of nitrogens with zero attached hydrogens (tertiary/aromatic N) is 2. The van der Waals surface area contributed by atoms with E-state index in [4.69, 9.17) is 5.73 Å². The van der Waals surface area contributed by atoms with Gasteiger partial charge in [0.25, 0.3) is 11.5 Å². The van der Waals surface area contributed by atoms with Crippen molar-refractivity contribution in [1.82, 2.24) is 9.55 Å². The van der Waals surface area contributed by atoms with E-state index in [9.17, 15) is 23.2 Å². The Morgan fingerprint density at radius 3 is 2.55 bits per heavy atom. The SMILES string of the molecule is CCCCn1c(N)c(N(Cc2ccccc2)C(=O)c2cccc(OC(F)F)c2)c(=O)[nH]c1=O. The molecule has 0 aliphatic carbocycles. The first kappa shape index (κ1) is 23.7. The Kier molecular flexibility index (Phi) is 7.60. The van der Waals surface area contributed by atoms with Crippen molar-refractivity contribution in [2.75, 3.05) is 10.6 Å². The number of rotatable bonds is 9. The van der Waals surface area contributed by atoms with Gasteiger partial charge in [0.05, 0.1) is 6.54 Å². The molecule has 0 saturated heterocycles. The Balaban J connectivity index is 2.13. The third-order valence-corrected chi connectivity index (χ3v) is 4.95. The van der Waals surface area contributed by atoms with Gasteiger partial charge in [0.1, 0.15) is 11.6 Å². The molecule has 8 nitrogen and oxygen atoms in total. The third kappa shape index (κ3) is 5.65. The maximum absolute atomic E-state index is 13.5. The number of ether oxygens (including phenoxy) is 1. The number of unbranched alkanes of at least 4 members (excludes halogenated alkanes) is 1. The molecular weight excluding hydrogens is 434 g/mol. The van der Waals surface area contributed by atoms with Crippen LogP contribution in [-0.2, 0) is 13.1 Å². The second kappa shape index (κ2) is 10.6. The fraction of sp³-hybridized carbons (Fsp3) is 0.261. The first-order valence-corrected chi connectivity index (χ1v) is 10.3. The van der Waals surface area contributed by atoms with E-state index >= 15 is 0 Å². The van der Waals surface area contributed by atoms with Gasteiger partial charge in [-0.05, 0) is 30.2 Å². The van der Waals surface area contributed by atoms with Gasteiger partial charge in [-0.3, -0.25) is 24.0 Å². The number of carbonyl (C=O) groups is 1. The van der Waals surface area contributed by atoms with Crippen molar-refractivity contribution in [2.45, 2.75) is 39.5 Å². The van der Waals surface area contributed by atoms with Crippen molar-refractivity contribution < 1.29 is 18.3 Å². The molecule has 0 aliphatic rings. The summed E-state index contributed by atoms with van der Waals surface area (Å²) in [5.74, 6) is -1.02. The number of hydrogen-bond donors (Lipinski definition) is 2. The van der Waals surface area contributed by atoms with Crippen LogP contribution in [0, 0.1) is 0 Å². The molecule has 0 radical (unpaired) electrons. The van der Waals surface area contributed by atoms with E-state index in [1.807, 2.05) is 6.92 Å². The van der Waals surface area contributed by atoms with Gasteiger partial charge in [0.15, 0.2) is 5.69 Å². The van der Waals surface area contributed by atoms with Gasteiger partial charge in [0, 0.05) is 12.1 Å². The highest BCUT2D eigenvalue weighted by Crippen LogP contribution is 2.24. The van der Waals surface area contributed by atoms with E-state index in [0.717, 1.165) is 17.4 Å². The molecule has 1 amide bonds. The molecule has 1 aromatic heterocycles. The van der Waals surface area contributed by atoms with E-state index in [1.165, 1.54) is 22.8 Å². The number of amides is 1. The minimum absolute atomic E-state index is 0.00851. The average molecular weight is 458 g/mol. The molecule has 3 aromatic rings. The summed E-state index contributed by atoms with van der Waals surface area (Å²) in [6.07, 6.45) is 1.42. The molecule has 0 fully saturated rings. The maximum Gasteiger partial charge on any atom is 0.387 e. The molecule has 3 rings (SSSR count). The lowest BCUT2D eigenvalue weighted by Crippen LogP contribution is -2.41. The summed E-state index contributed by atoms with van der Waals surface area (Å²) in [6.45, 7) is -0.904. The quantitative estimate of drug-likeness (QED) is 0.511. The molecule has 33 heavy (non-hydrogen) atoms. The minimum Gasteiger partial charge on any atom is -0.435 e. The monoisotopic (exact) mass is 458 g/mol. The van der Waals surface area contributed by atoms with Crippen LogP contribution in [0.4, 0.5) is 20.3 Å². The van der Waals surface area contributed by atoms with Gasteiger partial charge in [-0.2, -0.15) is 8.78 Å². The number of anilines is 2. The van der Waals surface area contributed by atoms with Crippen molar-refractivity contribution in [3.8, 4) is 5.75 Å². The average Bonchev–Trinajstić information content (AvgIpc) is 2.78. The molecule has 3 N–H and O–H groups in total. The van der Waals surface area contributed by atoms with Crippen LogP contribution in [0.2, 0.25) is 0 Å². The zero-order chi connectivity index (χ0) is 24.0. The zero-order valence-corrected chi connectivity index (χ0v) is 18.0. The number of nitrogens with one attached hydrogen (secondary N) is 1. The largest absolute Gasteiger partial charge is 0.435 e. The van der Waals surface area contributed by atoms with Gasteiger partial charge in [-0.25, -0.2) is 4.79 Å². The van der Waals surface area contributed by atoms with Gasteiger partial charge < -0.3 is 10.5 Å². The number of alkyl halides is 2. The van der Waals surface area contributed by atoms with Gasteiger partial charge in [-0.15, -0.1) is 0 Å². The van der Waals surface area contributed by atoms with Crippen molar-refractivity contribution in [3.05, 3.63) is 86.6 Å². The number of nitrogen functional groups attached to an aromatic ring is 1. The number of aromatic nitrogens is 2. The normalized spacial score (nSPS) is 10.9. The van der Waals surface area contributed by atoms with Gasteiger partial charge in [0.2, 0.25) is 0 Å². The smallest absolute Gasteiger partial charge is 0.387 e. The molecule has 0 atom stereocenters. The van der Waals surface area contributed by atoms with Crippen LogP contribution in [0.25, 0.3) is 0 Å². The number of aromatic amines is 1. The number of hydrogen-bond acceptors (Lipinski definition) is 5. The predicted octanol–water partition coefficient (Wildman–Crippen LogP) is 3.37. The lowest BCUT2D eigenvalue weighted by atomic mass is 10.1. The third-order valence-electron chi connectivity index (χ3n) is 4.95. The highest BCUT2D eigenvalue weighted by Gasteiger charge is 2.26. The number of H-pyrrole nitrogens is 1. The van der Waals surface area contributed by atoms with E-state index in [1.54, 1.807) is 30.3 Å². The highest BCUT2D eigenvalue weighted by atomic mass is 19.3. The van der Waals surface area contributed by atoms with E-state index in [2.05, 4.69) is 9.72 Å². The number of halogens is 2. The molecule has 174 valence electrons. The first-order valence-electron chi connectivity index (χ1n) is 10.3. The number of benzene rings is 2. The van der Waals surface area contributed by atoms with Crippen LogP contribution in [-0.4, -0.2) is 22.1 Å². The summed E-state index contributed by atoms with van der Waals surface area (Å²) in [5, 5.41) is 0. The summed E-state index contributed by atoms with van der Waals surface area (Å²) in [4.78, 5) is 42.0. The summed E-state index contributed by atoms with van der Waals surface area (Å²) >= 11 is 0. The van der Waals surface area contributed by atoms with Crippen LogP contribution in [0.5, 0.6) is 5.75 Å². The predicted molar refractivity (Wildman–Crippen MR) is 121 cm³/mol. The zero-order valence-electron chi connectivity index (χ0n) is 18.0. The van der Waals surface area contributed by atoms with Crippen molar-refractivity contribution in [3.63, 3.8) is 0 Å². The molecule has 1 heterocycles. The van der Waals surface area contributed by atoms with E-state index < -0.39 is 23.8 Å². The minimum atomic E-state index is -3.06. The Bertz CT molecular complexity index is 1230. The van der Waals surface area contributed by atoms with Crippen molar-refractivity contribution in [1.29, 1.82) is 0 Å². The second-order valence-corrected chi connectivity index (χ2v) is 7.28. The fourth-order valence-corrected chi connectivity index (χ4v) is 3.36. The topological polar surface area (TPSA) is 110 Å². The van der Waals surface area contributed by atoms with Crippen LogP contribution < -0.4 is 26.6 Å². The van der Waals surface area contributed by atoms with Gasteiger partial charge >= 0.3 is 12.3 Å². The Labute approximate surface area is 188 Å². The maximum atomic E-state index is 13.5. The molecule has 0 aliphatic heterocycles. The molecule has 0 bridgehead atoms. The van der Waals surface area contributed by atoms with Crippen LogP contribution in [0.15, 0.2) is 64.2 Å². The standard InChI is InChI=1S/C23H24F2N4O4/c1-2-3-12-28-19(26)18(20(30)27-23(28)32)29(14-15-8-5-4-6-9-15)21(31)16-10-7-11-17(13-16)33-22(24)25/h4-11,13,22H,2-3,12,14,26H2,1H3,(H,27,30,32). The summed E-state index contributed by atoms with van der Waals surface area (Å²) < 4.78 is 30.9. The Hall–Kier alpha value is -3.95. The summed E-state index contributed by atoms with van der Waals surface area (Å²) in [5.41, 5.74) is 5.23. The van der Waals surface area contributed by atoms with E-state index in [0.29, 0.717) is 12.0 Å². The highest BCUT2D eigenvalue weighted by molar-refractivity contribution is 6.07. The Morgan fingerprint density at radius 2 is 1.88 bits per heavy atom. The summed E-state index contributed by atoms with van der Waals surface area (Å²) in [6, 6.07) is 14.1. The number of carbonyl (C=O) groups excluding carboxylic acids is 1. The van der Waals surface area contributed by atoms with Crippen molar-refractivity contribution >= 4 is 17.4 Å². The van der Waals surface area contributed by atoms with Gasteiger partial charge in [-0.1, -0.05) is 49.7 Å². The molecule has 0 spiro atoms. The molecular formula is C23H24F2N4O4. The molecule has 0 unspecified atom stereocenters. The van der Waals surface area contributed by atoms with Crippen molar-refractivity contribution in [2.24, 2.45) is 0 Å². The fourth-order valence-electron chi connectivity index (χ4n) is 3.36. The second-order valence-electron chi connectivity index (χ2n) is 7.28. The van der Waals surface area contributed by atoms with Crippen LogP contribution >= 0.6 is 0 Å². The lowest BCUT2D eigenvalue weighted by molar-refractivity contribution is -0.0498.